The van der Waals surface area contributed by atoms with E-state index < -0.39 is 0 Å². The second-order valence-electron chi connectivity index (χ2n) is 6.19. The number of amides is 2. The van der Waals surface area contributed by atoms with E-state index >= 15 is 0 Å². The normalized spacial score (nSPS) is 15.3. The van der Waals surface area contributed by atoms with Gasteiger partial charge in [-0.2, -0.15) is 0 Å². The van der Waals surface area contributed by atoms with E-state index in [9.17, 15) is 9.59 Å². The maximum Gasteiger partial charge on any atom is 0.265 e. The first-order valence-electron chi connectivity index (χ1n) is 8.35. The van der Waals surface area contributed by atoms with Crippen LogP contribution in [0.15, 0.2) is 30.3 Å². The van der Waals surface area contributed by atoms with Crippen molar-refractivity contribution in [2.45, 2.75) is 32.7 Å². The van der Waals surface area contributed by atoms with Gasteiger partial charge in [-0.3, -0.25) is 9.59 Å². The van der Waals surface area contributed by atoms with E-state index in [4.69, 9.17) is 4.74 Å². The summed E-state index contributed by atoms with van der Waals surface area (Å²) in [5.74, 6) is 0.612. The molecule has 6 heteroatoms. The van der Waals surface area contributed by atoms with Gasteiger partial charge < -0.3 is 15.0 Å². The van der Waals surface area contributed by atoms with Crippen LogP contribution in [-0.4, -0.2) is 25.5 Å². The van der Waals surface area contributed by atoms with Crippen LogP contribution in [0, 0.1) is 6.92 Å². The molecule has 2 heterocycles. The molecule has 1 N–H and O–H groups in total. The van der Waals surface area contributed by atoms with Gasteiger partial charge in [-0.15, -0.1) is 11.3 Å². The molecule has 1 saturated heterocycles. The van der Waals surface area contributed by atoms with Crippen molar-refractivity contribution in [2.24, 2.45) is 0 Å². The molecule has 1 unspecified atom stereocenters. The maximum atomic E-state index is 12.6. The standard InChI is InChI=1S/C19H22N2O3S/c1-12-10-16(24-3)18(25-12)19(23)20-13(2)14-6-4-7-15(11-14)21-9-5-8-17(21)22/h4,6-7,10-11,13H,5,8-9H2,1-3H3,(H,20,23). The summed E-state index contributed by atoms with van der Waals surface area (Å²) in [6.45, 7) is 4.65. The Balaban J connectivity index is 1.75. The predicted octanol–water partition coefficient (Wildman–Crippen LogP) is 3.68. The predicted molar refractivity (Wildman–Crippen MR) is 99.5 cm³/mol. The monoisotopic (exact) mass is 358 g/mol. The molecule has 1 aliphatic heterocycles. The molecule has 1 aromatic heterocycles. The minimum atomic E-state index is -0.169. The minimum absolute atomic E-state index is 0.148. The highest BCUT2D eigenvalue weighted by Gasteiger charge is 2.23. The molecule has 1 aromatic carbocycles. The first kappa shape index (κ1) is 17.5. The number of benzene rings is 1. The zero-order chi connectivity index (χ0) is 18.0. The van der Waals surface area contributed by atoms with E-state index in [1.807, 2.05) is 49.1 Å². The molecule has 25 heavy (non-hydrogen) atoms. The van der Waals surface area contributed by atoms with Crippen LogP contribution in [0.25, 0.3) is 0 Å². The molecule has 2 amide bonds. The van der Waals surface area contributed by atoms with Crippen molar-refractivity contribution in [3.63, 3.8) is 0 Å². The SMILES string of the molecule is COc1cc(C)sc1C(=O)NC(C)c1cccc(N2CCCC2=O)c1. The summed E-state index contributed by atoms with van der Waals surface area (Å²) in [7, 11) is 1.57. The lowest BCUT2D eigenvalue weighted by molar-refractivity contribution is -0.117. The van der Waals surface area contributed by atoms with Gasteiger partial charge in [-0.25, -0.2) is 0 Å². The third-order valence-electron chi connectivity index (χ3n) is 4.35. The quantitative estimate of drug-likeness (QED) is 0.887. The largest absolute Gasteiger partial charge is 0.495 e. The molecule has 132 valence electrons. The molecular weight excluding hydrogens is 336 g/mol. The molecule has 1 fully saturated rings. The molecule has 0 aliphatic carbocycles. The maximum absolute atomic E-state index is 12.6. The van der Waals surface area contributed by atoms with Gasteiger partial charge in [0, 0.05) is 23.5 Å². The first-order chi connectivity index (χ1) is 12.0. The van der Waals surface area contributed by atoms with Crippen molar-refractivity contribution in [1.82, 2.24) is 5.32 Å². The van der Waals surface area contributed by atoms with Gasteiger partial charge >= 0.3 is 0 Å². The summed E-state index contributed by atoms with van der Waals surface area (Å²) in [5, 5.41) is 3.02. The van der Waals surface area contributed by atoms with Crippen molar-refractivity contribution in [3.8, 4) is 5.75 Å². The number of hydrogen-bond acceptors (Lipinski definition) is 4. The van der Waals surface area contributed by atoms with Gasteiger partial charge in [0.05, 0.1) is 13.2 Å². The highest BCUT2D eigenvalue weighted by molar-refractivity contribution is 7.14. The Bertz CT molecular complexity index is 800. The second-order valence-corrected chi connectivity index (χ2v) is 7.45. The van der Waals surface area contributed by atoms with E-state index in [0.29, 0.717) is 17.0 Å². The van der Waals surface area contributed by atoms with E-state index in [0.717, 1.165) is 29.1 Å². The zero-order valence-corrected chi connectivity index (χ0v) is 15.5. The molecule has 2 aromatic rings. The van der Waals surface area contributed by atoms with Crippen LogP contribution in [0.4, 0.5) is 5.69 Å². The Hall–Kier alpha value is -2.34. The summed E-state index contributed by atoms with van der Waals surface area (Å²) in [6.07, 6.45) is 1.50. The third kappa shape index (κ3) is 3.69. The fraction of sp³-hybridized carbons (Fsp3) is 0.368. The number of methoxy groups -OCH3 is 1. The van der Waals surface area contributed by atoms with Gasteiger partial charge in [0.1, 0.15) is 10.6 Å². The summed E-state index contributed by atoms with van der Waals surface area (Å²) >= 11 is 1.42. The number of carbonyl (C=O) groups is 2. The summed E-state index contributed by atoms with van der Waals surface area (Å²) < 4.78 is 5.28. The first-order valence-corrected chi connectivity index (χ1v) is 9.17. The van der Waals surface area contributed by atoms with E-state index in [-0.39, 0.29) is 17.9 Å². The molecule has 1 atom stereocenters. The number of hydrogen-bond donors (Lipinski definition) is 1. The van der Waals surface area contributed by atoms with E-state index in [2.05, 4.69) is 5.32 Å². The third-order valence-corrected chi connectivity index (χ3v) is 5.38. The van der Waals surface area contributed by atoms with E-state index in [1.54, 1.807) is 7.11 Å². The number of thiophene rings is 1. The number of nitrogens with zero attached hydrogens (tertiary/aromatic N) is 1. The van der Waals surface area contributed by atoms with Crippen molar-refractivity contribution >= 4 is 28.8 Å². The Kier molecular flexibility index (Phi) is 5.08. The van der Waals surface area contributed by atoms with Crippen LogP contribution in [0.1, 0.15) is 45.9 Å². The van der Waals surface area contributed by atoms with Crippen molar-refractivity contribution < 1.29 is 14.3 Å². The molecule has 3 rings (SSSR count). The molecule has 0 spiro atoms. The smallest absolute Gasteiger partial charge is 0.265 e. The van der Waals surface area contributed by atoms with Gasteiger partial charge in [0.2, 0.25) is 5.91 Å². The number of anilines is 1. The van der Waals surface area contributed by atoms with Crippen molar-refractivity contribution in [3.05, 3.63) is 45.6 Å². The number of rotatable bonds is 5. The highest BCUT2D eigenvalue weighted by Crippen LogP contribution is 2.30. The Morgan fingerprint density at radius 3 is 2.84 bits per heavy atom. The van der Waals surface area contributed by atoms with Gasteiger partial charge in [0.15, 0.2) is 0 Å². The number of aryl methyl sites for hydroxylation is 1. The Labute approximate surface area is 151 Å². The number of carbonyl (C=O) groups excluding carboxylic acids is 2. The average molecular weight is 358 g/mol. The lowest BCUT2D eigenvalue weighted by Crippen LogP contribution is -2.27. The molecule has 0 saturated carbocycles. The van der Waals surface area contributed by atoms with E-state index in [1.165, 1.54) is 11.3 Å². The Morgan fingerprint density at radius 2 is 2.16 bits per heavy atom. The van der Waals surface area contributed by atoms with Crippen LogP contribution in [-0.2, 0) is 4.79 Å². The van der Waals surface area contributed by atoms with Crippen LogP contribution < -0.4 is 15.0 Å². The summed E-state index contributed by atoms with van der Waals surface area (Å²) in [5.41, 5.74) is 1.86. The van der Waals surface area contributed by atoms with Crippen molar-refractivity contribution in [2.75, 3.05) is 18.6 Å². The van der Waals surface area contributed by atoms with Crippen LogP contribution in [0.5, 0.6) is 5.75 Å². The summed E-state index contributed by atoms with van der Waals surface area (Å²) in [6, 6.07) is 9.50. The fourth-order valence-corrected chi connectivity index (χ4v) is 3.91. The minimum Gasteiger partial charge on any atom is -0.495 e. The Morgan fingerprint density at radius 1 is 1.36 bits per heavy atom. The number of nitrogens with one attached hydrogen (secondary N) is 1. The molecule has 0 bridgehead atoms. The summed E-state index contributed by atoms with van der Waals surface area (Å²) in [4.78, 5) is 27.9. The molecule has 1 aliphatic rings. The van der Waals surface area contributed by atoms with Gasteiger partial charge in [-0.1, -0.05) is 12.1 Å². The number of ether oxygens (including phenoxy) is 1. The van der Waals surface area contributed by atoms with Gasteiger partial charge in [0.25, 0.3) is 5.91 Å². The van der Waals surface area contributed by atoms with Crippen molar-refractivity contribution in [1.29, 1.82) is 0 Å². The molecular formula is C19H22N2O3S. The molecule has 0 radical (unpaired) electrons. The van der Waals surface area contributed by atoms with Crippen LogP contribution >= 0.6 is 11.3 Å². The van der Waals surface area contributed by atoms with Crippen LogP contribution in [0.2, 0.25) is 0 Å². The fourth-order valence-electron chi connectivity index (χ4n) is 3.03. The lowest BCUT2D eigenvalue weighted by atomic mass is 10.1. The molecule has 5 nitrogen and oxygen atoms in total. The van der Waals surface area contributed by atoms with Crippen LogP contribution in [0.3, 0.4) is 0 Å². The topological polar surface area (TPSA) is 58.6 Å². The average Bonchev–Trinajstić information content (AvgIpc) is 3.20. The highest BCUT2D eigenvalue weighted by atomic mass is 32.1. The lowest BCUT2D eigenvalue weighted by Gasteiger charge is -2.19. The second kappa shape index (κ2) is 7.27. The van der Waals surface area contributed by atoms with Gasteiger partial charge in [-0.05, 0) is 44.0 Å². The zero-order valence-electron chi connectivity index (χ0n) is 14.7.